The van der Waals surface area contributed by atoms with Gasteiger partial charge in [0.25, 0.3) is 11.5 Å². The molecule has 34 heavy (non-hydrogen) atoms. The minimum Gasteiger partial charge on any atom is -0.508 e. The molecule has 0 spiro atoms. The highest BCUT2D eigenvalue weighted by molar-refractivity contribution is 9.10. The fraction of sp³-hybridized carbons (Fsp3) is 0.120. The van der Waals surface area contributed by atoms with Crippen LogP contribution < -0.4 is 11.0 Å². The Morgan fingerprint density at radius 1 is 1.09 bits per heavy atom. The van der Waals surface area contributed by atoms with Crippen LogP contribution in [-0.2, 0) is 4.79 Å². The number of nitrogens with zero attached hydrogens (tertiary/aromatic N) is 3. The van der Waals surface area contributed by atoms with Crippen molar-refractivity contribution in [2.24, 2.45) is 5.10 Å². The molecular weight excluding hydrogens is 516 g/mol. The predicted octanol–water partition coefficient (Wildman–Crippen LogP) is 4.88. The number of hydrazone groups is 1. The third-order valence-electron chi connectivity index (χ3n) is 5.01. The normalized spacial score (nSPS) is 11.5. The Bertz CT molecular complexity index is 1420. The maximum absolute atomic E-state index is 13.3. The molecule has 3 aromatic carbocycles. The maximum Gasteiger partial charge on any atom is 0.266 e. The first-order chi connectivity index (χ1) is 16.5. The largest absolute Gasteiger partial charge is 0.508 e. The van der Waals surface area contributed by atoms with Gasteiger partial charge >= 0.3 is 0 Å². The second-order valence-electron chi connectivity index (χ2n) is 7.31. The molecule has 0 saturated heterocycles. The zero-order chi connectivity index (χ0) is 24.1. The lowest BCUT2D eigenvalue weighted by Gasteiger charge is -2.13. The number of carbonyl (C=O) groups is 1. The number of phenolic OH excluding ortho intramolecular Hbond substituents is 1. The smallest absolute Gasteiger partial charge is 0.266 e. The zero-order valence-corrected chi connectivity index (χ0v) is 20.6. The fourth-order valence-corrected chi connectivity index (χ4v) is 4.39. The van der Waals surface area contributed by atoms with Gasteiger partial charge in [-0.2, -0.15) is 5.10 Å². The van der Waals surface area contributed by atoms with Crippen molar-refractivity contribution < 1.29 is 9.90 Å². The Hall–Kier alpha value is -3.43. The van der Waals surface area contributed by atoms with E-state index in [4.69, 9.17) is 0 Å². The number of fused-ring (bicyclic) bond motifs is 1. The Balaban J connectivity index is 1.58. The van der Waals surface area contributed by atoms with Crippen LogP contribution in [0.5, 0.6) is 5.75 Å². The molecule has 172 valence electrons. The van der Waals surface area contributed by atoms with E-state index in [9.17, 15) is 14.7 Å². The summed E-state index contributed by atoms with van der Waals surface area (Å²) in [5.41, 5.74) is 5.11. The van der Waals surface area contributed by atoms with Gasteiger partial charge in [-0.3, -0.25) is 14.2 Å². The summed E-state index contributed by atoms with van der Waals surface area (Å²) in [6.45, 7) is 1.93. The lowest BCUT2D eigenvalue weighted by Crippen LogP contribution is -2.24. The highest BCUT2D eigenvalue weighted by Crippen LogP contribution is 2.22. The van der Waals surface area contributed by atoms with E-state index in [0.29, 0.717) is 33.9 Å². The lowest BCUT2D eigenvalue weighted by atomic mass is 10.1. The van der Waals surface area contributed by atoms with Crippen LogP contribution in [0.2, 0.25) is 0 Å². The van der Waals surface area contributed by atoms with Gasteiger partial charge in [-0.05, 0) is 72.6 Å². The molecule has 0 fully saturated rings. The van der Waals surface area contributed by atoms with Crippen molar-refractivity contribution >= 4 is 50.2 Å². The minimum atomic E-state index is -0.320. The summed E-state index contributed by atoms with van der Waals surface area (Å²) in [6.07, 6.45) is 0.605. The number of phenols is 1. The van der Waals surface area contributed by atoms with Crippen molar-refractivity contribution in [2.75, 3.05) is 5.75 Å². The molecule has 1 aromatic heterocycles. The van der Waals surface area contributed by atoms with E-state index < -0.39 is 0 Å². The standard InChI is InChI=1S/C25H21BrN4O3S/c1-2-21(16-7-13-19(31)14-8-16)28-29-23(32)15-34-25-27-22-6-4-3-5-20(22)24(33)30(25)18-11-9-17(26)10-12-18/h3-14,31H,2,15H2,1H3,(H,29,32). The van der Waals surface area contributed by atoms with Crippen LogP contribution in [0.15, 0.2) is 92.3 Å². The van der Waals surface area contributed by atoms with E-state index >= 15 is 0 Å². The first-order valence-corrected chi connectivity index (χ1v) is 12.3. The van der Waals surface area contributed by atoms with E-state index in [1.807, 2.05) is 37.3 Å². The van der Waals surface area contributed by atoms with Gasteiger partial charge in [0.2, 0.25) is 0 Å². The van der Waals surface area contributed by atoms with Gasteiger partial charge in [-0.25, -0.2) is 10.4 Å². The molecule has 1 heterocycles. The highest BCUT2D eigenvalue weighted by atomic mass is 79.9. The molecule has 0 atom stereocenters. The van der Waals surface area contributed by atoms with Crippen LogP contribution in [0, 0.1) is 0 Å². The molecule has 0 aliphatic carbocycles. The van der Waals surface area contributed by atoms with E-state index in [0.717, 1.165) is 10.0 Å². The zero-order valence-electron chi connectivity index (χ0n) is 18.2. The maximum atomic E-state index is 13.3. The number of nitrogens with one attached hydrogen (secondary N) is 1. The van der Waals surface area contributed by atoms with Crippen LogP contribution in [0.25, 0.3) is 16.6 Å². The Morgan fingerprint density at radius 2 is 1.79 bits per heavy atom. The van der Waals surface area contributed by atoms with Crippen molar-refractivity contribution in [2.45, 2.75) is 18.5 Å². The van der Waals surface area contributed by atoms with Crippen molar-refractivity contribution in [3.8, 4) is 11.4 Å². The second-order valence-corrected chi connectivity index (χ2v) is 9.17. The molecule has 4 rings (SSSR count). The Labute approximate surface area is 208 Å². The van der Waals surface area contributed by atoms with Crippen molar-refractivity contribution in [1.82, 2.24) is 15.0 Å². The average Bonchev–Trinajstić information content (AvgIpc) is 2.85. The minimum absolute atomic E-state index is 0.0252. The van der Waals surface area contributed by atoms with E-state index in [2.05, 4.69) is 31.4 Å². The first kappa shape index (κ1) is 23.7. The van der Waals surface area contributed by atoms with Gasteiger partial charge in [-0.1, -0.05) is 46.7 Å². The number of aromatic hydroxyl groups is 1. The van der Waals surface area contributed by atoms with Crippen LogP contribution in [0.3, 0.4) is 0 Å². The van der Waals surface area contributed by atoms with Crippen LogP contribution in [0.1, 0.15) is 18.9 Å². The Morgan fingerprint density at radius 3 is 2.50 bits per heavy atom. The molecule has 4 aromatic rings. The second kappa shape index (κ2) is 10.7. The SMILES string of the molecule is CCC(=NNC(=O)CSc1nc2ccccc2c(=O)n1-c1ccc(Br)cc1)c1ccc(O)cc1. The molecule has 1 amide bonds. The lowest BCUT2D eigenvalue weighted by molar-refractivity contribution is -0.118. The number of halogens is 1. The fourth-order valence-electron chi connectivity index (χ4n) is 3.32. The van der Waals surface area contributed by atoms with Crippen molar-refractivity contribution in [3.63, 3.8) is 0 Å². The summed E-state index contributed by atoms with van der Waals surface area (Å²) >= 11 is 4.58. The quantitative estimate of drug-likeness (QED) is 0.152. The third kappa shape index (κ3) is 5.37. The third-order valence-corrected chi connectivity index (χ3v) is 6.48. The summed E-state index contributed by atoms with van der Waals surface area (Å²) in [4.78, 5) is 30.5. The van der Waals surface area contributed by atoms with E-state index in [1.54, 1.807) is 42.5 Å². The Kier molecular flexibility index (Phi) is 7.44. The van der Waals surface area contributed by atoms with E-state index in [1.165, 1.54) is 16.3 Å². The molecule has 0 unspecified atom stereocenters. The van der Waals surface area contributed by atoms with Gasteiger partial charge in [0.1, 0.15) is 5.75 Å². The number of aromatic nitrogens is 2. The summed E-state index contributed by atoms with van der Waals surface area (Å²) in [6, 6.07) is 21.1. The van der Waals surface area contributed by atoms with Gasteiger partial charge < -0.3 is 5.11 Å². The van der Waals surface area contributed by atoms with Gasteiger partial charge in [0.05, 0.1) is 28.1 Å². The van der Waals surface area contributed by atoms with Gasteiger partial charge in [-0.15, -0.1) is 0 Å². The van der Waals surface area contributed by atoms with Crippen molar-refractivity contribution in [3.05, 3.63) is 93.2 Å². The van der Waals surface area contributed by atoms with Crippen LogP contribution in [-0.4, -0.2) is 32.0 Å². The van der Waals surface area contributed by atoms with Crippen LogP contribution >= 0.6 is 27.7 Å². The molecular formula is C25H21BrN4O3S. The number of thioether (sulfide) groups is 1. The number of rotatable bonds is 7. The molecule has 0 aliphatic heterocycles. The molecule has 7 nitrogen and oxygen atoms in total. The van der Waals surface area contributed by atoms with Gasteiger partial charge in [0.15, 0.2) is 5.16 Å². The summed E-state index contributed by atoms with van der Waals surface area (Å²) in [7, 11) is 0. The molecule has 0 aliphatic rings. The van der Waals surface area contributed by atoms with Gasteiger partial charge in [0, 0.05) is 4.47 Å². The monoisotopic (exact) mass is 536 g/mol. The predicted molar refractivity (Wildman–Crippen MR) is 139 cm³/mol. The number of amides is 1. The molecule has 2 N–H and O–H groups in total. The summed E-state index contributed by atoms with van der Waals surface area (Å²) < 4.78 is 2.41. The molecule has 0 radical (unpaired) electrons. The number of hydrogen-bond donors (Lipinski definition) is 2. The number of hydrogen-bond acceptors (Lipinski definition) is 6. The van der Waals surface area contributed by atoms with Crippen LogP contribution in [0.4, 0.5) is 0 Å². The topological polar surface area (TPSA) is 96.6 Å². The number of carbonyl (C=O) groups excluding carboxylic acids is 1. The molecule has 9 heteroatoms. The average molecular weight is 537 g/mol. The molecule has 0 saturated carbocycles. The first-order valence-electron chi connectivity index (χ1n) is 10.5. The summed E-state index contributed by atoms with van der Waals surface area (Å²) in [5.74, 6) is -0.129. The molecule has 0 bridgehead atoms. The number of para-hydroxylation sites is 1. The van der Waals surface area contributed by atoms with E-state index in [-0.39, 0.29) is 23.0 Å². The van der Waals surface area contributed by atoms with Crippen molar-refractivity contribution in [1.29, 1.82) is 0 Å². The summed E-state index contributed by atoms with van der Waals surface area (Å²) in [5, 5.41) is 14.6. The highest BCUT2D eigenvalue weighted by Gasteiger charge is 2.15. The number of benzene rings is 3.